The van der Waals surface area contributed by atoms with Crippen LogP contribution in [0.3, 0.4) is 0 Å². The summed E-state index contributed by atoms with van der Waals surface area (Å²) in [6, 6.07) is 6.99. The Labute approximate surface area is 194 Å². The number of para-hydroxylation sites is 1. The lowest BCUT2D eigenvalue weighted by atomic mass is 10.1. The van der Waals surface area contributed by atoms with Gasteiger partial charge in [-0.2, -0.15) is 4.68 Å². The Kier molecular flexibility index (Phi) is 7.72. The number of amides is 1. The number of alkyl halides is 3. The van der Waals surface area contributed by atoms with Crippen molar-refractivity contribution in [3.63, 3.8) is 0 Å². The van der Waals surface area contributed by atoms with Gasteiger partial charge in [-0.15, -0.1) is 5.10 Å². The van der Waals surface area contributed by atoms with Gasteiger partial charge in [0, 0.05) is 12.6 Å². The fraction of sp³-hybridized carbons (Fsp3) is 0.238. The van der Waals surface area contributed by atoms with E-state index in [1.54, 1.807) is 6.92 Å². The van der Waals surface area contributed by atoms with E-state index < -0.39 is 42.4 Å². The number of ether oxygens (including phenoxy) is 1. The van der Waals surface area contributed by atoms with Crippen molar-refractivity contribution in [3.05, 3.63) is 69.1 Å². The van der Waals surface area contributed by atoms with Crippen LogP contribution in [0.1, 0.15) is 27.9 Å². The second-order valence-electron chi connectivity index (χ2n) is 6.79. The third kappa shape index (κ3) is 4.96. The van der Waals surface area contributed by atoms with E-state index in [2.05, 4.69) is 10.4 Å². The van der Waals surface area contributed by atoms with E-state index in [0.717, 1.165) is 27.4 Å². The molecule has 8 nitrogen and oxygen atoms in total. The highest BCUT2D eigenvalue weighted by Crippen LogP contribution is 2.29. The molecule has 0 aliphatic heterocycles. The number of halogens is 5. The summed E-state index contributed by atoms with van der Waals surface area (Å²) in [5.41, 5.74) is -1.51. The molecule has 1 heterocycles. The molecule has 0 unspecified atom stereocenters. The minimum absolute atomic E-state index is 0.0531. The van der Waals surface area contributed by atoms with Crippen molar-refractivity contribution < 1.29 is 31.9 Å². The second-order valence-corrected chi connectivity index (χ2v) is 7.20. The molecule has 0 radical (unpaired) electrons. The molecule has 0 spiro atoms. The van der Waals surface area contributed by atoms with E-state index in [4.69, 9.17) is 16.3 Å². The Morgan fingerprint density at radius 3 is 2.59 bits per heavy atom. The molecule has 1 N–H and O–H groups in total. The number of nitrogens with one attached hydrogen (secondary N) is 1. The van der Waals surface area contributed by atoms with Crippen LogP contribution in [0.4, 0.5) is 23.2 Å². The van der Waals surface area contributed by atoms with E-state index in [1.165, 1.54) is 18.2 Å². The number of rotatable bonds is 9. The average Bonchev–Trinajstić information content (AvgIpc) is 3.14. The average molecular weight is 501 g/mol. The molecular formula is C21H17ClF4N4O4. The first-order valence-corrected chi connectivity index (χ1v) is 10.1. The monoisotopic (exact) mass is 500 g/mol. The summed E-state index contributed by atoms with van der Waals surface area (Å²) >= 11 is 5.90. The normalized spacial score (nSPS) is 12.0. The summed E-state index contributed by atoms with van der Waals surface area (Å²) in [4.78, 5) is 36.6. The van der Waals surface area contributed by atoms with E-state index in [0.29, 0.717) is 6.29 Å². The van der Waals surface area contributed by atoms with Gasteiger partial charge in [-0.05, 0) is 31.2 Å². The van der Waals surface area contributed by atoms with Crippen LogP contribution in [0, 0.1) is 5.82 Å². The van der Waals surface area contributed by atoms with Gasteiger partial charge in [0.1, 0.15) is 18.2 Å². The molecule has 0 saturated carbocycles. The third-order valence-corrected chi connectivity index (χ3v) is 4.99. The van der Waals surface area contributed by atoms with Crippen molar-refractivity contribution in [1.29, 1.82) is 0 Å². The molecule has 3 rings (SSSR count). The predicted molar refractivity (Wildman–Crippen MR) is 115 cm³/mol. The van der Waals surface area contributed by atoms with Crippen molar-refractivity contribution in [2.45, 2.75) is 26.0 Å². The molecular weight excluding hydrogens is 484 g/mol. The lowest BCUT2D eigenvalue weighted by molar-refractivity contribution is -0.00155. The molecule has 0 bridgehead atoms. The van der Waals surface area contributed by atoms with E-state index in [-0.39, 0.29) is 34.3 Å². The highest BCUT2D eigenvalue weighted by Gasteiger charge is 2.26. The largest absolute Gasteiger partial charge is 0.481 e. The lowest BCUT2D eigenvalue weighted by Crippen LogP contribution is -2.29. The highest BCUT2D eigenvalue weighted by atomic mass is 35.5. The highest BCUT2D eigenvalue weighted by molar-refractivity contribution is 6.34. The van der Waals surface area contributed by atoms with Crippen molar-refractivity contribution in [1.82, 2.24) is 14.3 Å². The zero-order valence-electron chi connectivity index (χ0n) is 17.5. The number of benzene rings is 2. The van der Waals surface area contributed by atoms with Crippen LogP contribution in [-0.2, 0) is 6.54 Å². The number of hydrogen-bond donors (Lipinski definition) is 1. The maximum Gasteiger partial charge on any atom is 0.351 e. The molecule has 180 valence electrons. The van der Waals surface area contributed by atoms with Crippen molar-refractivity contribution in [2.75, 3.05) is 12.0 Å². The first kappa shape index (κ1) is 25.0. The molecule has 1 aromatic heterocycles. The molecule has 3 aromatic rings. The van der Waals surface area contributed by atoms with Crippen molar-refractivity contribution in [2.24, 2.45) is 0 Å². The molecule has 1 amide bonds. The number of aromatic nitrogens is 3. The van der Waals surface area contributed by atoms with Gasteiger partial charge in [-0.25, -0.2) is 22.4 Å². The van der Waals surface area contributed by atoms with Crippen molar-refractivity contribution >= 4 is 29.5 Å². The zero-order chi connectivity index (χ0) is 25.0. The van der Waals surface area contributed by atoms with Gasteiger partial charge in [0.25, 0.3) is 12.3 Å². The minimum Gasteiger partial charge on any atom is -0.481 e. The van der Waals surface area contributed by atoms with Gasteiger partial charge >= 0.3 is 5.69 Å². The summed E-state index contributed by atoms with van der Waals surface area (Å²) in [5, 5.41) is 5.95. The topological polar surface area (TPSA) is 95.2 Å². The number of aldehydes is 1. The number of anilines is 1. The van der Waals surface area contributed by atoms with Gasteiger partial charge in [-0.1, -0.05) is 17.7 Å². The minimum atomic E-state index is -3.24. The van der Waals surface area contributed by atoms with Crippen molar-refractivity contribution in [3.8, 4) is 11.4 Å². The Morgan fingerprint density at radius 2 is 2.03 bits per heavy atom. The summed E-state index contributed by atoms with van der Waals surface area (Å²) in [6.45, 7) is 0.141. The van der Waals surface area contributed by atoms with Crippen LogP contribution in [-0.4, -0.2) is 45.7 Å². The Bertz CT molecular complexity index is 1260. The standard InChI is InChI=1S/C21H17ClF4N4O4/c1-2-29-17(10-31)28-30(21(29)33)11-6-7-12(15(8-11)34-16(9-23)19(25)26)20(32)27-18-13(22)4-3-5-14(18)24/h3-8,10,16,19H,2,9H2,1H3,(H,27,32)/t16-/m0/s1. The summed E-state index contributed by atoms with van der Waals surface area (Å²) in [5.74, 6) is -2.58. The summed E-state index contributed by atoms with van der Waals surface area (Å²) in [6.07, 6.45) is -5.11. The van der Waals surface area contributed by atoms with Gasteiger partial charge in [0.05, 0.1) is 22.0 Å². The molecule has 0 aliphatic carbocycles. The van der Waals surface area contributed by atoms with Gasteiger partial charge in [0.15, 0.2) is 18.2 Å². The fourth-order valence-corrected chi connectivity index (χ4v) is 3.21. The quantitative estimate of drug-likeness (QED) is 0.355. The van der Waals surface area contributed by atoms with E-state index in [1.807, 2.05) is 0 Å². The molecule has 34 heavy (non-hydrogen) atoms. The van der Waals surface area contributed by atoms with Gasteiger partial charge < -0.3 is 10.1 Å². The molecule has 0 saturated heterocycles. The van der Waals surface area contributed by atoms with Crippen LogP contribution < -0.4 is 15.7 Å². The van der Waals surface area contributed by atoms with Gasteiger partial charge in [0.2, 0.25) is 0 Å². The predicted octanol–water partition coefficient (Wildman–Crippen LogP) is 3.89. The Morgan fingerprint density at radius 1 is 1.29 bits per heavy atom. The third-order valence-electron chi connectivity index (χ3n) is 4.68. The first-order valence-electron chi connectivity index (χ1n) is 9.77. The Balaban J connectivity index is 2.09. The van der Waals surface area contributed by atoms with Crippen LogP contribution in [0.5, 0.6) is 5.75 Å². The lowest BCUT2D eigenvalue weighted by Gasteiger charge is -2.18. The van der Waals surface area contributed by atoms with E-state index in [9.17, 15) is 31.9 Å². The molecule has 2 aromatic carbocycles. The maximum absolute atomic E-state index is 14.1. The summed E-state index contributed by atoms with van der Waals surface area (Å²) < 4.78 is 60.4. The smallest absolute Gasteiger partial charge is 0.351 e. The number of carbonyl (C=O) groups excluding carboxylic acids is 2. The SMILES string of the molecule is CCn1c(C=O)nn(-c2ccc(C(=O)Nc3c(F)cccc3Cl)c(O[C@@H](CF)C(F)F)c2)c1=O. The molecule has 0 aliphatic rings. The number of hydrogen-bond acceptors (Lipinski definition) is 5. The number of nitrogens with zero attached hydrogens (tertiary/aromatic N) is 3. The zero-order valence-corrected chi connectivity index (χ0v) is 18.2. The maximum atomic E-state index is 14.1. The van der Waals surface area contributed by atoms with Crippen LogP contribution >= 0.6 is 11.6 Å². The van der Waals surface area contributed by atoms with E-state index >= 15 is 0 Å². The van der Waals surface area contributed by atoms with Crippen LogP contribution in [0.2, 0.25) is 5.02 Å². The summed E-state index contributed by atoms with van der Waals surface area (Å²) in [7, 11) is 0. The molecule has 1 atom stereocenters. The van der Waals surface area contributed by atoms with Gasteiger partial charge in [-0.3, -0.25) is 14.2 Å². The second kappa shape index (κ2) is 10.5. The first-order chi connectivity index (χ1) is 16.2. The number of carbonyl (C=O) groups is 2. The molecule has 13 heteroatoms. The van der Waals surface area contributed by atoms with Crippen LogP contribution in [0.25, 0.3) is 5.69 Å². The molecule has 0 fully saturated rings. The fourth-order valence-electron chi connectivity index (χ4n) is 3.00. The van der Waals surface area contributed by atoms with Crippen LogP contribution in [0.15, 0.2) is 41.2 Å². The Hall–Kier alpha value is -3.67.